The number of carbonyl (C=O) groups excluding carboxylic acids is 1. The fourth-order valence-corrected chi connectivity index (χ4v) is 1.52. The standard InChI is InChI=1S/C14H15N3O3/c1-2-3-7-16-14(18)12(10-15)8-11-5-4-6-13(9-11)17(19)20/h4-6,8-9H,2-3,7H2,1H3,(H,16,18)/b12-8-. The quantitative estimate of drug-likeness (QED) is 0.283. The molecular weight excluding hydrogens is 258 g/mol. The molecule has 0 aliphatic rings. The molecule has 0 bridgehead atoms. The number of hydrogen-bond donors (Lipinski definition) is 1. The first-order valence-corrected chi connectivity index (χ1v) is 6.23. The number of nitriles is 1. The van der Waals surface area contributed by atoms with Crippen LogP contribution in [0.15, 0.2) is 29.8 Å². The maximum atomic E-state index is 11.7. The molecule has 0 atom stereocenters. The molecular formula is C14H15N3O3. The molecule has 1 rings (SSSR count). The summed E-state index contributed by atoms with van der Waals surface area (Å²) in [7, 11) is 0. The minimum absolute atomic E-state index is 0.0680. The van der Waals surface area contributed by atoms with Crippen molar-refractivity contribution in [3.8, 4) is 6.07 Å². The van der Waals surface area contributed by atoms with Gasteiger partial charge in [0.05, 0.1) is 4.92 Å². The minimum atomic E-state index is -0.523. The maximum absolute atomic E-state index is 11.7. The van der Waals surface area contributed by atoms with Gasteiger partial charge in [-0.2, -0.15) is 5.26 Å². The topological polar surface area (TPSA) is 96.0 Å². The number of nitro groups is 1. The summed E-state index contributed by atoms with van der Waals surface area (Å²) < 4.78 is 0. The van der Waals surface area contributed by atoms with Crippen molar-refractivity contribution < 1.29 is 9.72 Å². The van der Waals surface area contributed by atoms with E-state index in [2.05, 4.69) is 5.32 Å². The maximum Gasteiger partial charge on any atom is 0.270 e. The molecule has 0 aromatic heterocycles. The Bertz CT molecular complexity index is 573. The third-order valence-electron chi connectivity index (χ3n) is 2.57. The second-order valence-corrected chi connectivity index (χ2v) is 4.13. The number of rotatable bonds is 6. The average molecular weight is 273 g/mol. The molecule has 0 radical (unpaired) electrons. The lowest BCUT2D eigenvalue weighted by molar-refractivity contribution is -0.384. The van der Waals surface area contributed by atoms with Crippen LogP contribution in [0.2, 0.25) is 0 Å². The van der Waals surface area contributed by atoms with Gasteiger partial charge in [0.1, 0.15) is 11.6 Å². The molecule has 0 unspecified atom stereocenters. The van der Waals surface area contributed by atoms with Gasteiger partial charge in [-0.1, -0.05) is 25.5 Å². The number of carbonyl (C=O) groups is 1. The lowest BCUT2D eigenvalue weighted by Gasteiger charge is -2.02. The molecule has 104 valence electrons. The van der Waals surface area contributed by atoms with Crippen LogP contribution < -0.4 is 5.32 Å². The third kappa shape index (κ3) is 4.53. The lowest BCUT2D eigenvalue weighted by atomic mass is 10.1. The molecule has 6 heteroatoms. The Morgan fingerprint density at radius 1 is 1.55 bits per heavy atom. The van der Waals surface area contributed by atoms with Crippen LogP contribution in [-0.2, 0) is 4.79 Å². The smallest absolute Gasteiger partial charge is 0.270 e. The molecule has 20 heavy (non-hydrogen) atoms. The van der Waals surface area contributed by atoms with Crippen molar-refractivity contribution in [1.29, 1.82) is 5.26 Å². The third-order valence-corrected chi connectivity index (χ3v) is 2.57. The van der Waals surface area contributed by atoms with E-state index in [1.807, 2.05) is 6.92 Å². The summed E-state index contributed by atoms with van der Waals surface area (Å²) in [6.07, 6.45) is 3.12. The number of nitrogens with zero attached hydrogens (tertiary/aromatic N) is 2. The summed E-state index contributed by atoms with van der Waals surface area (Å²) in [5.74, 6) is -0.465. The summed E-state index contributed by atoms with van der Waals surface area (Å²) in [4.78, 5) is 21.9. The van der Waals surface area contributed by atoms with Crippen LogP contribution in [0.3, 0.4) is 0 Å². The predicted molar refractivity (Wildman–Crippen MR) is 74.6 cm³/mol. The van der Waals surface area contributed by atoms with Crippen molar-refractivity contribution in [2.24, 2.45) is 0 Å². The Labute approximate surface area is 116 Å². The molecule has 0 fully saturated rings. The Kier molecular flexibility index (Phi) is 5.91. The van der Waals surface area contributed by atoms with Gasteiger partial charge < -0.3 is 5.32 Å². The van der Waals surface area contributed by atoms with Gasteiger partial charge in [0.2, 0.25) is 0 Å². The first-order valence-electron chi connectivity index (χ1n) is 6.23. The van der Waals surface area contributed by atoms with Gasteiger partial charge in [-0.3, -0.25) is 14.9 Å². The molecule has 0 saturated heterocycles. The Hall–Kier alpha value is -2.68. The zero-order valence-corrected chi connectivity index (χ0v) is 11.1. The van der Waals surface area contributed by atoms with E-state index in [0.717, 1.165) is 12.8 Å². The highest BCUT2D eigenvalue weighted by Crippen LogP contribution is 2.15. The van der Waals surface area contributed by atoms with E-state index in [4.69, 9.17) is 5.26 Å². The molecule has 0 saturated carbocycles. The van der Waals surface area contributed by atoms with Crippen LogP contribution in [0, 0.1) is 21.4 Å². The van der Waals surface area contributed by atoms with Crippen LogP contribution in [0.4, 0.5) is 5.69 Å². The number of unbranched alkanes of at least 4 members (excludes halogenated alkanes) is 1. The predicted octanol–water partition coefficient (Wildman–Crippen LogP) is 2.42. The van der Waals surface area contributed by atoms with E-state index in [1.54, 1.807) is 12.1 Å². The Morgan fingerprint density at radius 3 is 2.90 bits per heavy atom. The molecule has 1 amide bonds. The molecule has 0 aliphatic heterocycles. The van der Waals surface area contributed by atoms with Crippen molar-refractivity contribution in [2.75, 3.05) is 6.54 Å². The fourth-order valence-electron chi connectivity index (χ4n) is 1.52. The molecule has 0 aliphatic carbocycles. The monoisotopic (exact) mass is 273 g/mol. The van der Waals surface area contributed by atoms with Crippen LogP contribution in [-0.4, -0.2) is 17.4 Å². The van der Waals surface area contributed by atoms with Crippen LogP contribution >= 0.6 is 0 Å². The minimum Gasteiger partial charge on any atom is -0.351 e. The molecule has 0 spiro atoms. The molecule has 1 aromatic rings. The lowest BCUT2D eigenvalue weighted by Crippen LogP contribution is -2.25. The van der Waals surface area contributed by atoms with Gasteiger partial charge in [0, 0.05) is 18.7 Å². The van der Waals surface area contributed by atoms with Crippen molar-refractivity contribution in [2.45, 2.75) is 19.8 Å². The highest BCUT2D eigenvalue weighted by atomic mass is 16.6. The van der Waals surface area contributed by atoms with Gasteiger partial charge in [-0.05, 0) is 18.1 Å². The second-order valence-electron chi connectivity index (χ2n) is 4.13. The van der Waals surface area contributed by atoms with E-state index in [1.165, 1.54) is 24.3 Å². The number of nitro benzene ring substituents is 1. The fraction of sp³-hybridized carbons (Fsp3) is 0.286. The molecule has 1 N–H and O–H groups in total. The van der Waals surface area contributed by atoms with E-state index < -0.39 is 10.8 Å². The summed E-state index contributed by atoms with van der Waals surface area (Å²) >= 11 is 0. The van der Waals surface area contributed by atoms with Gasteiger partial charge >= 0.3 is 0 Å². The normalized spacial score (nSPS) is 10.7. The number of hydrogen-bond acceptors (Lipinski definition) is 4. The highest BCUT2D eigenvalue weighted by molar-refractivity contribution is 6.01. The summed E-state index contributed by atoms with van der Waals surface area (Å²) in [5, 5.41) is 22.3. The first-order chi connectivity index (χ1) is 9.58. The number of nitrogens with one attached hydrogen (secondary N) is 1. The number of amides is 1. The largest absolute Gasteiger partial charge is 0.351 e. The van der Waals surface area contributed by atoms with Crippen LogP contribution in [0.1, 0.15) is 25.3 Å². The van der Waals surface area contributed by atoms with Crippen LogP contribution in [0.25, 0.3) is 6.08 Å². The van der Waals surface area contributed by atoms with E-state index in [9.17, 15) is 14.9 Å². The van der Waals surface area contributed by atoms with E-state index in [-0.39, 0.29) is 11.3 Å². The van der Waals surface area contributed by atoms with Crippen molar-refractivity contribution in [3.05, 3.63) is 45.5 Å². The van der Waals surface area contributed by atoms with E-state index in [0.29, 0.717) is 12.1 Å². The zero-order chi connectivity index (χ0) is 15.0. The number of non-ortho nitro benzene ring substituents is 1. The van der Waals surface area contributed by atoms with Crippen LogP contribution in [0.5, 0.6) is 0 Å². The summed E-state index contributed by atoms with van der Waals surface area (Å²) in [5.41, 5.74) is 0.297. The van der Waals surface area contributed by atoms with Gasteiger partial charge in [-0.15, -0.1) is 0 Å². The second kappa shape index (κ2) is 7.69. The van der Waals surface area contributed by atoms with Crippen molar-refractivity contribution in [1.82, 2.24) is 5.32 Å². The molecule has 0 heterocycles. The van der Waals surface area contributed by atoms with Gasteiger partial charge in [-0.25, -0.2) is 0 Å². The Balaban J connectivity index is 2.89. The first kappa shape index (κ1) is 15.4. The SMILES string of the molecule is CCCCNC(=O)/C(C#N)=C\c1cccc([N+](=O)[O-])c1. The molecule has 1 aromatic carbocycles. The summed E-state index contributed by atoms with van der Waals surface area (Å²) in [6.45, 7) is 2.50. The number of benzene rings is 1. The van der Waals surface area contributed by atoms with E-state index >= 15 is 0 Å². The molecule has 6 nitrogen and oxygen atoms in total. The van der Waals surface area contributed by atoms with Gasteiger partial charge in [0.25, 0.3) is 11.6 Å². The average Bonchev–Trinajstić information content (AvgIpc) is 2.45. The summed E-state index contributed by atoms with van der Waals surface area (Å²) in [6, 6.07) is 7.58. The highest BCUT2D eigenvalue weighted by Gasteiger charge is 2.10. The Morgan fingerprint density at radius 2 is 2.30 bits per heavy atom. The van der Waals surface area contributed by atoms with Crippen molar-refractivity contribution in [3.63, 3.8) is 0 Å². The zero-order valence-electron chi connectivity index (χ0n) is 11.1. The van der Waals surface area contributed by atoms with Crippen molar-refractivity contribution >= 4 is 17.7 Å². The van der Waals surface area contributed by atoms with Gasteiger partial charge in [0.15, 0.2) is 0 Å².